The Bertz CT molecular complexity index is 525. The smallest absolute Gasteiger partial charge is 0.307 e. The van der Waals surface area contributed by atoms with Crippen LogP contribution in [0.4, 0.5) is 0 Å². The summed E-state index contributed by atoms with van der Waals surface area (Å²) in [5.41, 5.74) is 1.34. The van der Waals surface area contributed by atoms with Gasteiger partial charge in [-0.1, -0.05) is 12.8 Å². The lowest BCUT2D eigenvalue weighted by Gasteiger charge is -2.34. The lowest BCUT2D eigenvalue weighted by atomic mass is 9.78. The Morgan fingerprint density at radius 2 is 2.00 bits per heavy atom. The minimum absolute atomic E-state index is 0.0520. The Balaban J connectivity index is 1.73. The van der Waals surface area contributed by atoms with E-state index in [9.17, 15) is 14.7 Å². The van der Waals surface area contributed by atoms with Crippen LogP contribution < -0.4 is 0 Å². The van der Waals surface area contributed by atoms with Gasteiger partial charge in [-0.05, 0) is 36.3 Å². The molecule has 0 saturated heterocycles. The molecule has 5 heteroatoms. The number of thiophene rings is 1. The lowest BCUT2D eigenvalue weighted by Crippen LogP contribution is -2.44. The van der Waals surface area contributed by atoms with E-state index in [0.29, 0.717) is 13.0 Å². The summed E-state index contributed by atoms with van der Waals surface area (Å²) >= 11 is 1.69. The molecular formula is C15H19NO3S. The van der Waals surface area contributed by atoms with Crippen molar-refractivity contribution in [2.24, 2.45) is 11.8 Å². The number of carboxylic acids is 1. The number of carbonyl (C=O) groups is 2. The van der Waals surface area contributed by atoms with Crippen LogP contribution in [-0.4, -0.2) is 28.4 Å². The van der Waals surface area contributed by atoms with Crippen molar-refractivity contribution in [2.75, 3.05) is 6.54 Å². The summed E-state index contributed by atoms with van der Waals surface area (Å²) in [6.45, 7) is 1.39. The second-order valence-electron chi connectivity index (χ2n) is 5.71. The normalized spacial score (nSPS) is 26.1. The number of hydrogen-bond acceptors (Lipinski definition) is 3. The molecule has 0 aromatic carbocycles. The first-order chi connectivity index (χ1) is 9.66. The van der Waals surface area contributed by atoms with E-state index in [0.717, 1.165) is 32.2 Å². The number of fused-ring (bicyclic) bond motifs is 1. The monoisotopic (exact) mass is 293 g/mol. The molecule has 2 atom stereocenters. The van der Waals surface area contributed by atoms with Crippen LogP contribution in [0.5, 0.6) is 0 Å². The van der Waals surface area contributed by atoms with Crippen LogP contribution in [0.25, 0.3) is 0 Å². The molecule has 0 spiro atoms. The zero-order valence-electron chi connectivity index (χ0n) is 11.4. The van der Waals surface area contributed by atoms with Crippen LogP contribution in [0.2, 0.25) is 0 Å². The predicted octanol–water partition coefficient (Wildman–Crippen LogP) is 2.52. The summed E-state index contributed by atoms with van der Waals surface area (Å²) in [5.74, 6) is -1.56. The van der Waals surface area contributed by atoms with E-state index in [4.69, 9.17) is 0 Å². The van der Waals surface area contributed by atoms with Crippen molar-refractivity contribution >= 4 is 23.2 Å². The standard InChI is InChI=1S/C15H19NO3S/c17-14(11-3-1-2-4-12(11)15(18)19)16-7-5-10-6-8-20-13(10)9-16/h6,8,11-12H,1-5,7,9H2,(H,18,19). The zero-order chi connectivity index (χ0) is 14.1. The first-order valence-electron chi connectivity index (χ1n) is 7.23. The quantitative estimate of drug-likeness (QED) is 0.911. The van der Waals surface area contributed by atoms with E-state index in [-0.39, 0.29) is 11.8 Å². The van der Waals surface area contributed by atoms with Crippen molar-refractivity contribution in [2.45, 2.75) is 38.6 Å². The van der Waals surface area contributed by atoms with Gasteiger partial charge in [-0.15, -0.1) is 11.3 Å². The molecule has 3 rings (SSSR count). The Morgan fingerprint density at radius 1 is 1.25 bits per heavy atom. The molecule has 0 bridgehead atoms. The summed E-state index contributed by atoms with van der Waals surface area (Å²) in [7, 11) is 0. The highest BCUT2D eigenvalue weighted by molar-refractivity contribution is 7.10. The second-order valence-corrected chi connectivity index (χ2v) is 6.72. The fourth-order valence-corrected chi connectivity index (χ4v) is 4.33. The van der Waals surface area contributed by atoms with Crippen LogP contribution in [-0.2, 0) is 22.6 Å². The van der Waals surface area contributed by atoms with Gasteiger partial charge in [0.05, 0.1) is 18.4 Å². The number of hydrogen-bond donors (Lipinski definition) is 1. The van der Waals surface area contributed by atoms with Gasteiger partial charge in [0.15, 0.2) is 0 Å². The minimum Gasteiger partial charge on any atom is -0.481 e. The van der Waals surface area contributed by atoms with Gasteiger partial charge < -0.3 is 10.0 Å². The number of aliphatic carboxylic acids is 1. The fourth-order valence-electron chi connectivity index (χ4n) is 3.38. The molecule has 0 radical (unpaired) electrons. The van der Waals surface area contributed by atoms with Crippen LogP contribution >= 0.6 is 11.3 Å². The highest BCUT2D eigenvalue weighted by Crippen LogP contribution is 2.33. The van der Waals surface area contributed by atoms with Gasteiger partial charge in [-0.25, -0.2) is 0 Å². The number of carbonyl (C=O) groups excluding carboxylic acids is 1. The molecule has 20 heavy (non-hydrogen) atoms. The summed E-state index contributed by atoms with van der Waals surface area (Å²) < 4.78 is 0. The van der Waals surface area contributed by atoms with Gasteiger partial charge in [0, 0.05) is 11.4 Å². The third-order valence-electron chi connectivity index (χ3n) is 4.54. The molecule has 1 saturated carbocycles. The van der Waals surface area contributed by atoms with E-state index >= 15 is 0 Å². The predicted molar refractivity (Wildman–Crippen MR) is 76.5 cm³/mol. The Hall–Kier alpha value is -1.36. The average molecular weight is 293 g/mol. The highest BCUT2D eigenvalue weighted by atomic mass is 32.1. The van der Waals surface area contributed by atoms with Gasteiger partial charge in [-0.3, -0.25) is 9.59 Å². The van der Waals surface area contributed by atoms with Crippen LogP contribution in [0.15, 0.2) is 11.4 Å². The second kappa shape index (κ2) is 5.56. The van der Waals surface area contributed by atoms with Gasteiger partial charge in [0.25, 0.3) is 0 Å². The van der Waals surface area contributed by atoms with Gasteiger partial charge in [-0.2, -0.15) is 0 Å². The largest absolute Gasteiger partial charge is 0.481 e. The number of carboxylic acid groups (broad SMARTS) is 1. The number of nitrogens with zero attached hydrogens (tertiary/aromatic N) is 1. The molecule has 108 valence electrons. The minimum atomic E-state index is -0.808. The molecule has 1 aromatic rings. The molecule has 1 aliphatic carbocycles. The van der Waals surface area contributed by atoms with Gasteiger partial charge in [0.2, 0.25) is 5.91 Å². The molecule has 2 heterocycles. The summed E-state index contributed by atoms with van der Waals surface area (Å²) in [6.07, 6.45) is 4.16. The molecule has 1 N–H and O–H groups in total. The van der Waals surface area contributed by atoms with Crippen LogP contribution in [0, 0.1) is 11.8 Å². The Kier molecular flexibility index (Phi) is 3.78. The molecule has 4 nitrogen and oxygen atoms in total. The van der Waals surface area contributed by atoms with Crippen molar-refractivity contribution in [1.82, 2.24) is 4.90 Å². The van der Waals surface area contributed by atoms with E-state index in [2.05, 4.69) is 11.4 Å². The van der Waals surface area contributed by atoms with Crippen molar-refractivity contribution in [3.05, 3.63) is 21.9 Å². The summed E-state index contributed by atoms with van der Waals surface area (Å²) in [6, 6.07) is 2.13. The molecule has 1 aliphatic heterocycles. The first kappa shape index (κ1) is 13.6. The average Bonchev–Trinajstić information content (AvgIpc) is 2.93. The maximum atomic E-state index is 12.7. The Labute approximate surface area is 122 Å². The maximum Gasteiger partial charge on any atom is 0.307 e. The third kappa shape index (κ3) is 2.46. The first-order valence-corrected chi connectivity index (χ1v) is 8.11. The van der Waals surface area contributed by atoms with E-state index in [1.165, 1.54) is 10.4 Å². The molecular weight excluding hydrogens is 274 g/mol. The number of rotatable bonds is 2. The van der Waals surface area contributed by atoms with Crippen molar-refractivity contribution in [1.29, 1.82) is 0 Å². The highest BCUT2D eigenvalue weighted by Gasteiger charge is 2.38. The topological polar surface area (TPSA) is 57.6 Å². The molecule has 1 amide bonds. The van der Waals surface area contributed by atoms with E-state index < -0.39 is 11.9 Å². The van der Waals surface area contributed by atoms with Gasteiger partial charge >= 0.3 is 5.97 Å². The molecule has 2 unspecified atom stereocenters. The Morgan fingerprint density at radius 3 is 2.75 bits per heavy atom. The summed E-state index contributed by atoms with van der Waals surface area (Å²) in [4.78, 5) is 27.1. The van der Waals surface area contributed by atoms with Gasteiger partial charge in [0.1, 0.15) is 0 Å². The van der Waals surface area contributed by atoms with E-state index in [1.54, 1.807) is 11.3 Å². The lowest BCUT2D eigenvalue weighted by molar-refractivity contribution is -0.152. The fraction of sp³-hybridized carbons (Fsp3) is 0.600. The van der Waals surface area contributed by atoms with Crippen molar-refractivity contribution in [3.63, 3.8) is 0 Å². The maximum absolute atomic E-state index is 12.7. The van der Waals surface area contributed by atoms with Crippen molar-refractivity contribution < 1.29 is 14.7 Å². The van der Waals surface area contributed by atoms with Crippen LogP contribution in [0.1, 0.15) is 36.1 Å². The SMILES string of the molecule is O=C(O)C1CCCCC1C(=O)N1CCc2ccsc2C1. The van der Waals surface area contributed by atoms with E-state index in [1.807, 2.05) is 4.90 Å². The molecule has 1 fully saturated rings. The third-order valence-corrected chi connectivity index (χ3v) is 5.48. The molecule has 1 aromatic heterocycles. The van der Waals surface area contributed by atoms with Crippen LogP contribution in [0.3, 0.4) is 0 Å². The number of amides is 1. The summed E-state index contributed by atoms with van der Waals surface area (Å²) in [5, 5.41) is 11.4. The van der Waals surface area contributed by atoms with Crippen molar-refractivity contribution in [3.8, 4) is 0 Å². The molecule has 2 aliphatic rings. The zero-order valence-corrected chi connectivity index (χ0v) is 12.2.